The fraction of sp³-hybridized carbons (Fsp3) is 0.0667. The smallest absolute Gasteiger partial charge is 0.261 e. The Kier molecular flexibility index (Phi) is 6.93. The van der Waals surface area contributed by atoms with E-state index in [2.05, 4.69) is 42.5 Å². The lowest BCUT2D eigenvalue weighted by atomic mass is 10.2. The highest BCUT2D eigenvalue weighted by Gasteiger charge is 2.18. The number of hydrogen-bond acceptors (Lipinski definition) is 4. The van der Waals surface area contributed by atoms with E-state index in [0.717, 1.165) is 0 Å². The van der Waals surface area contributed by atoms with Crippen molar-refractivity contribution in [3.8, 4) is 11.5 Å². The number of ether oxygens (including phenoxy) is 1. The van der Waals surface area contributed by atoms with Gasteiger partial charge >= 0.3 is 0 Å². The average Bonchev–Trinajstić information content (AvgIpc) is 2.51. The number of amides is 1. The van der Waals surface area contributed by atoms with Gasteiger partial charge in [-0.1, -0.05) is 39.1 Å². The zero-order valence-corrected chi connectivity index (χ0v) is 18.0. The average molecular weight is 529 g/mol. The molecular formula is C15H10Br2Cl2N2O3S. The number of phenols is 1. The van der Waals surface area contributed by atoms with E-state index in [4.69, 9.17) is 40.2 Å². The van der Waals surface area contributed by atoms with Gasteiger partial charge in [-0.25, -0.2) is 0 Å². The monoisotopic (exact) mass is 526 g/mol. The molecule has 0 fully saturated rings. The molecule has 0 unspecified atom stereocenters. The van der Waals surface area contributed by atoms with Crippen LogP contribution in [0.2, 0.25) is 10.0 Å². The summed E-state index contributed by atoms with van der Waals surface area (Å²) < 4.78 is 6.55. The molecule has 0 aliphatic rings. The SMILES string of the molecule is COc1c(Br)cc(Br)cc1C(=O)NC(=S)Nc1cc(Cl)c(O)c(Cl)c1. The lowest BCUT2D eigenvalue weighted by Crippen LogP contribution is -2.34. The van der Waals surface area contributed by atoms with Crippen molar-refractivity contribution >= 4 is 84.0 Å². The molecule has 2 aromatic carbocycles. The van der Waals surface area contributed by atoms with Crippen LogP contribution in [0.3, 0.4) is 0 Å². The van der Waals surface area contributed by atoms with E-state index in [0.29, 0.717) is 20.4 Å². The second-order valence-corrected chi connectivity index (χ2v) is 7.66. The second-order valence-electron chi connectivity index (χ2n) is 4.67. The van der Waals surface area contributed by atoms with E-state index >= 15 is 0 Å². The van der Waals surface area contributed by atoms with Gasteiger partial charge in [-0.2, -0.15) is 0 Å². The van der Waals surface area contributed by atoms with Gasteiger partial charge in [-0.05, 0) is 52.4 Å². The molecule has 3 N–H and O–H groups in total. The number of benzene rings is 2. The van der Waals surface area contributed by atoms with E-state index in [9.17, 15) is 9.90 Å². The van der Waals surface area contributed by atoms with Crippen LogP contribution >= 0.6 is 67.3 Å². The third-order valence-electron chi connectivity index (χ3n) is 2.96. The molecule has 5 nitrogen and oxygen atoms in total. The molecule has 0 aliphatic heterocycles. The lowest BCUT2D eigenvalue weighted by molar-refractivity contribution is 0.0974. The molecule has 0 saturated carbocycles. The molecule has 2 aromatic rings. The van der Waals surface area contributed by atoms with E-state index in [-0.39, 0.29) is 26.5 Å². The summed E-state index contributed by atoms with van der Waals surface area (Å²) in [5, 5.41) is 15.0. The van der Waals surface area contributed by atoms with Crippen LogP contribution in [-0.2, 0) is 0 Å². The zero-order valence-electron chi connectivity index (χ0n) is 12.5. The van der Waals surface area contributed by atoms with Crippen LogP contribution in [0.4, 0.5) is 5.69 Å². The Morgan fingerprint density at radius 1 is 1.20 bits per heavy atom. The molecule has 10 heteroatoms. The van der Waals surface area contributed by atoms with Crippen molar-refractivity contribution in [1.29, 1.82) is 0 Å². The van der Waals surface area contributed by atoms with Gasteiger partial charge in [0.15, 0.2) is 10.9 Å². The van der Waals surface area contributed by atoms with Crippen molar-refractivity contribution in [3.63, 3.8) is 0 Å². The van der Waals surface area contributed by atoms with Gasteiger partial charge in [0, 0.05) is 10.2 Å². The van der Waals surface area contributed by atoms with Crippen LogP contribution in [0, 0.1) is 0 Å². The molecule has 132 valence electrons. The van der Waals surface area contributed by atoms with Crippen LogP contribution < -0.4 is 15.4 Å². The molecule has 25 heavy (non-hydrogen) atoms. The van der Waals surface area contributed by atoms with Crippen LogP contribution in [-0.4, -0.2) is 23.2 Å². The first-order chi connectivity index (χ1) is 11.7. The Hall–Kier alpha value is -1.06. The molecule has 0 aromatic heterocycles. The van der Waals surface area contributed by atoms with Gasteiger partial charge in [-0.3, -0.25) is 10.1 Å². The fourth-order valence-corrected chi connectivity index (χ4v) is 3.99. The second kappa shape index (κ2) is 8.55. The third-order valence-corrected chi connectivity index (χ3v) is 4.79. The van der Waals surface area contributed by atoms with Gasteiger partial charge in [0.1, 0.15) is 5.75 Å². The lowest BCUT2D eigenvalue weighted by Gasteiger charge is -2.14. The van der Waals surface area contributed by atoms with Crippen molar-refractivity contribution in [3.05, 3.63) is 48.8 Å². The number of hydrogen-bond donors (Lipinski definition) is 3. The summed E-state index contributed by atoms with van der Waals surface area (Å²) in [7, 11) is 1.46. The van der Waals surface area contributed by atoms with Crippen molar-refractivity contribution in [2.24, 2.45) is 0 Å². The Balaban J connectivity index is 2.17. The van der Waals surface area contributed by atoms with Crippen molar-refractivity contribution in [2.75, 3.05) is 12.4 Å². The number of aromatic hydroxyl groups is 1. The molecule has 0 heterocycles. The number of phenolic OH excluding ortho intramolecular Hbond substituents is 1. The Labute approximate surface area is 175 Å². The summed E-state index contributed by atoms with van der Waals surface area (Å²) in [5.41, 5.74) is 0.704. The highest BCUT2D eigenvalue weighted by molar-refractivity contribution is 9.11. The first-order valence-corrected chi connectivity index (χ1v) is 9.31. The van der Waals surface area contributed by atoms with Crippen LogP contribution in [0.25, 0.3) is 0 Å². The van der Waals surface area contributed by atoms with Crippen LogP contribution in [0.5, 0.6) is 11.5 Å². The van der Waals surface area contributed by atoms with E-state index < -0.39 is 5.91 Å². The Bertz CT molecular complexity index is 842. The largest absolute Gasteiger partial charge is 0.505 e. The first kappa shape index (κ1) is 20.3. The molecule has 0 saturated heterocycles. The van der Waals surface area contributed by atoms with Crippen molar-refractivity contribution in [1.82, 2.24) is 5.32 Å². The standard InChI is InChI=1S/C15H10Br2Cl2N2O3S/c1-24-13-8(2-6(16)3-9(13)17)14(23)21-15(25)20-7-4-10(18)12(22)11(19)5-7/h2-5,22H,1H3,(H2,20,21,23,25). The minimum Gasteiger partial charge on any atom is -0.505 e. The number of carbonyl (C=O) groups is 1. The predicted molar refractivity (Wildman–Crippen MR) is 110 cm³/mol. The maximum Gasteiger partial charge on any atom is 0.261 e. The molecule has 0 radical (unpaired) electrons. The van der Waals surface area contributed by atoms with Gasteiger partial charge in [0.05, 0.1) is 27.2 Å². The topological polar surface area (TPSA) is 70.6 Å². The summed E-state index contributed by atoms with van der Waals surface area (Å²) in [6, 6.07) is 6.22. The summed E-state index contributed by atoms with van der Waals surface area (Å²) in [6.07, 6.45) is 0. The highest BCUT2D eigenvalue weighted by Crippen LogP contribution is 2.35. The Morgan fingerprint density at radius 3 is 2.36 bits per heavy atom. The van der Waals surface area contributed by atoms with Gasteiger partial charge in [0.2, 0.25) is 0 Å². The zero-order chi connectivity index (χ0) is 18.7. The van der Waals surface area contributed by atoms with E-state index in [1.807, 2.05) is 0 Å². The van der Waals surface area contributed by atoms with Crippen LogP contribution in [0.15, 0.2) is 33.2 Å². The normalized spacial score (nSPS) is 10.3. The number of rotatable bonds is 3. The maximum atomic E-state index is 12.5. The van der Waals surface area contributed by atoms with Gasteiger partial charge in [-0.15, -0.1) is 0 Å². The number of methoxy groups -OCH3 is 1. The summed E-state index contributed by atoms with van der Waals surface area (Å²) >= 11 is 23.5. The minimum absolute atomic E-state index is 0.0287. The minimum atomic E-state index is -0.465. The van der Waals surface area contributed by atoms with Crippen LogP contribution in [0.1, 0.15) is 10.4 Å². The fourth-order valence-electron chi connectivity index (χ4n) is 1.91. The molecule has 2 rings (SSSR count). The highest BCUT2D eigenvalue weighted by atomic mass is 79.9. The number of halogens is 4. The molecule has 0 atom stereocenters. The molecule has 0 aliphatic carbocycles. The number of anilines is 1. The molecule has 0 spiro atoms. The predicted octanol–water partition coefficient (Wildman–Crippen LogP) is 5.36. The Morgan fingerprint density at radius 2 is 1.80 bits per heavy atom. The number of thiocarbonyl (C=S) groups is 1. The maximum absolute atomic E-state index is 12.5. The third kappa shape index (κ3) is 4.98. The van der Waals surface area contributed by atoms with Crippen molar-refractivity contribution in [2.45, 2.75) is 0 Å². The summed E-state index contributed by atoms with van der Waals surface area (Å²) in [4.78, 5) is 12.5. The van der Waals surface area contributed by atoms with Gasteiger partial charge < -0.3 is 15.2 Å². The van der Waals surface area contributed by atoms with Gasteiger partial charge in [0.25, 0.3) is 5.91 Å². The number of nitrogens with one attached hydrogen (secondary N) is 2. The van der Waals surface area contributed by atoms with E-state index in [1.165, 1.54) is 19.2 Å². The number of carbonyl (C=O) groups excluding carboxylic acids is 1. The quantitative estimate of drug-likeness (QED) is 0.369. The first-order valence-electron chi connectivity index (χ1n) is 6.56. The molecule has 0 bridgehead atoms. The van der Waals surface area contributed by atoms with Crippen molar-refractivity contribution < 1.29 is 14.6 Å². The summed E-state index contributed by atoms with van der Waals surface area (Å²) in [5.74, 6) is -0.320. The molecule has 1 amide bonds. The summed E-state index contributed by atoms with van der Waals surface area (Å²) in [6.45, 7) is 0. The van der Waals surface area contributed by atoms with E-state index in [1.54, 1.807) is 12.1 Å². The molecular weight excluding hydrogens is 519 g/mol.